The molecule has 0 N–H and O–H groups in total. The zero-order chi connectivity index (χ0) is 28.5. The van der Waals surface area contributed by atoms with Gasteiger partial charge in [0.25, 0.3) is 0 Å². The minimum atomic E-state index is -0.549. The van der Waals surface area contributed by atoms with E-state index in [1.807, 2.05) is 18.2 Å². The highest BCUT2D eigenvalue weighted by Crippen LogP contribution is 2.33. The number of esters is 2. The Morgan fingerprint density at radius 3 is 1.88 bits per heavy atom. The molecule has 0 aliphatic heterocycles. The number of carbonyl (C=O) groups excluding carboxylic acids is 2. The third-order valence-corrected chi connectivity index (χ3v) is 7.81. The van der Waals surface area contributed by atoms with Crippen molar-refractivity contribution < 1.29 is 27.8 Å². The number of aliphatic imine (C=N–C) groups is 1. The van der Waals surface area contributed by atoms with Crippen molar-refractivity contribution in [3.05, 3.63) is 82.1 Å². The van der Waals surface area contributed by atoms with Crippen LogP contribution in [-0.2, 0) is 9.59 Å². The van der Waals surface area contributed by atoms with E-state index in [0.717, 1.165) is 15.8 Å². The molecule has 2 heterocycles. The maximum atomic E-state index is 14.6. The van der Waals surface area contributed by atoms with Crippen molar-refractivity contribution in [3.8, 4) is 38.4 Å². The van der Waals surface area contributed by atoms with Gasteiger partial charge < -0.3 is 9.47 Å². The lowest BCUT2D eigenvalue weighted by Crippen LogP contribution is -2.09. The van der Waals surface area contributed by atoms with Crippen LogP contribution in [0.5, 0.6) is 11.5 Å². The lowest BCUT2D eigenvalue weighted by Gasteiger charge is -2.07. The maximum Gasteiger partial charge on any atom is 0.311 e. The van der Waals surface area contributed by atoms with Crippen LogP contribution in [0.2, 0.25) is 0 Å². The smallest absolute Gasteiger partial charge is 0.311 e. The number of benzene rings is 2. The van der Waals surface area contributed by atoms with Crippen LogP contribution in [0, 0.1) is 23.0 Å². The first-order valence-corrected chi connectivity index (χ1v) is 14.0. The fraction of sp³-hybridized carbons (Fsp3) is 0.200. The number of ether oxygens (including phenoxy) is 2. The van der Waals surface area contributed by atoms with E-state index in [1.165, 1.54) is 40.9 Å². The summed E-state index contributed by atoms with van der Waals surface area (Å²) in [6.07, 6.45) is 3.46. The molecule has 0 radical (unpaired) electrons. The molecule has 0 amide bonds. The SMILES string of the molecule is C/N=C/c1ccc(-c2ccc(OC(=O)CCCCCC(=O)Oc3ccc(-c4ccc(C#N)s4)c(F)c3)cc2F)s1. The van der Waals surface area contributed by atoms with Crippen LogP contribution in [0.1, 0.15) is 41.9 Å². The second-order valence-corrected chi connectivity index (χ2v) is 10.9. The molecule has 4 aromatic rings. The van der Waals surface area contributed by atoms with E-state index in [2.05, 4.69) is 4.99 Å². The van der Waals surface area contributed by atoms with E-state index < -0.39 is 23.6 Å². The summed E-state index contributed by atoms with van der Waals surface area (Å²) in [5.41, 5.74) is 0.749. The molecule has 0 saturated carbocycles. The van der Waals surface area contributed by atoms with Gasteiger partial charge in [0.05, 0.1) is 0 Å². The van der Waals surface area contributed by atoms with Crippen LogP contribution in [0.4, 0.5) is 8.78 Å². The van der Waals surface area contributed by atoms with Crippen molar-refractivity contribution in [3.63, 3.8) is 0 Å². The number of rotatable bonds is 11. The van der Waals surface area contributed by atoms with Gasteiger partial charge in [0.1, 0.15) is 34.1 Å². The quantitative estimate of drug-likeness (QED) is 0.0784. The monoisotopic (exact) mass is 578 g/mol. The Bertz CT molecular complexity index is 1590. The lowest BCUT2D eigenvalue weighted by atomic mass is 10.1. The van der Waals surface area contributed by atoms with Gasteiger partial charge in [-0.25, -0.2) is 8.78 Å². The van der Waals surface area contributed by atoms with Crippen LogP contribution < -0.4 is 9.47 Å². The van der Waals surface area contributed by atoms with E-state index in [9.17, 15) is 18.4 Å². The van der Waals surface area contributed by atoms with Gasteiger partial charge in [-0.15, -0.1) is 22.7 Å². The fourth-order valence-corrected chi connectivity index (χ4v) is 5.63. The molecule has 10 heteroatoms. The van der Waals surface area contributed by atoms with Gasteiger partial charge in [0, 0.05) is 64.0 Å². The first-order chi connectivity index (χ1) is 19.4. The highest BCUT2D eigenvalue weighted by molar-refractivity contribution is 7.17. The van der Waals surface area contributed by atoms with Crippen LogP contribution in [0.3, 0.4) is 0 Å². The molecule has 0 aliphatic rings. The zero-order valence-electron chi connectivity index (χ0n) is 21.5. The van der Waals surface area contributed by atoms with Gasteiger partial charge in [-0.05, 0) is 61.4 Å². The summed E-state index contributed by atoms with van der Waals surface area (Å²) in [7, 11) is 1.67. The summed E-state index contributed by atoms with van der Waals surface area (Å²) < 4.78 is 39.6. The molecule has 0 spiro atoms. The third kappa shape index (κ3) is 7.68. The Balaban J connectivity index is 1.17. The topological polar surface area (TPSA) is 88.8 Å². The van der Waals surface area contributed by atoms with Crippen molar-refractivity contribution >= 4 is 40.8 Å². The van der Waals surface area contributed by atoms with Gasteiger partial charge >= 0.3 is 11.9 Å². The fourth-order valence-electron chi connectivity index (χ4n) is 3.84. The molecule has 0 bridgehead atoms. The predicted molar refractivity (Wildman–Crippen MR) is 152 cm³/mol. The molecular formula is C30H24F2N2O4S2. The van der Waals surface area contributed by atoms with E-state index >= 15 is 0 Å². The number of nitriles is 1. The minimum Gasteiger partial charge on any atom is -0.426 e. The summed E-state index contributed by atoms with van der Waals surface area (Å²) in [5.74, 6) is -1.81. The van der Waals surface area contributed by atoms with Crippen LogP contribution in [0.15, 0.2) is 65.7 Å². The standard InChI is InChI=1S/C30H24F2N2O4S2/c1-34-18-22-10-14-28(40-22)24-12-8-20(16-26(24)32)38-30(36)6-4-2-3-5-29(35)37-19-7-11-23(25(31)15-19)27-13-9-21(17-33)39-27/h7-16,18H,2-6H2,1H3/b34-18+. The average molecular weight is 579 g/mol. The van der Waals surface area contributed by atoms with Gasteiger partial charge in [-0.1, -0.05) is 6.42 Å². The van der Waals surface area contributed by atoms with Gasteiger partial charge in [-0.2, -0.15) is 5.26 Å². The van der Waals surface area contributed by atoms with Crippen molar-refractivity contribution in [1.82, 2.24) is 0 Å². The Hall–Kier alpha value is -4.20. The van der Waals surface area contributed by atoms with Gasteiger partial charge in [0.15, 0.2) is 0 Å². The van der Waals surface area contributed by atoms with Crippen LogP contribution in [0.25, 0.3) is 20.9 Å². The number of thiophene rings is 2. The molecule has 0 unspecified atom stereocenters. The Kier molecular flexibility index (Phi) is 9.89. The Labute approximate surface area is 238 Å². The number of hydrogen-bond acceptors (Lipinski definition) is 8. The number of hydrogen-bond donors (Lipinski definition) is 0. The number of carbonyl (C=O) groups is 2. The summed E-state index contributed by atoms with van der Waals surface area (Å²) in [6, 6.07) is 17.5. The molecule has 4 rings (SSSR count). The summed E-state index contributed by atoms with van der Waals surface area (Å²) in [4.78, 5) is 31.0. The van der Waals surface area contributed by atoms with Crippen molar-refractivity contribution in [2.45, 2.75) is 32.1 Å². The molecule has 0 saturated heterocycles. The first-order valence-electron chi connectivity index (χ1n) is 12.4. The highest BCUT2D eigenvalue weighted by atomic mass is 32.1. The number of halogens is 2. The minimum absolute atomic E-state index is 0.0967. The normalized spacial score (nSPS) is 10.9. The number of nitrogens with zero attached hydrogens (tertiary/aromatic N) is 2. The average Bonchev–Trinajstić information content (AvgIpc) is 3.59. The molecular weight excluding hydrogens is 554 g/mol. The second kappa shape index (κ2) is 13.7. The highest BCUT2D eigenvalue weighted by Gasteiger charge is 2.14. The van der Waals surface area contributed by atoms with Crippen molar-refractivity contribution in [2.24, 2.45) is 4.99 Å². The van der Waals surface area contributed by atoms with Crippen molar-refractivity contribution in [2.75, 3.05) is 7.05 Å². The first kappa shape index (κ1) is 28.8. The molecule has 6 nitrogen and oxygen atoms in total. The lowest BCUT2D eigenvalue weighted by molar-refractivity contribution is -0.134. The molecule has 40 heavy (non-hydrogen) atoms. The van der Waals surface area contributed by atoms with Crippen LogP contribution in [-0.4, -0.2) is 25.2 Å². The second-order valence-electron chi connectivity index (χ2n) is 8.66. The van der Waals surface area contributed by atoms with Gasteiger partial charge in [-0.3, -0.25) is 14.6 Å². The summed E-state index contributed by atoms with van der Waals surface area (Å²) in [5, 5.41) is 8.94. The van der Waals surface area contributed by atoms with E-state index in [0.29, 0.717) is 40.1 Å². The predicted octanol–water partition coefficient (Wildman–Crippen LogP) is 7.80. The van der Waals surface area contributed by atoms with Crippen LogP contribution >= 0.6 is 22.7 Å². The van der Waals surface area contributed by atoms with E-state index in [4.69, 9.17) is 14.7 Å². The summed E-state index contributed by atoms with van der Waals surface area (Å²) in [6.45, 7) is 0. The van der Waals surface area contributed by atoms with Gasteiger partial charge in [0.2, 0.25) is 0 Å². The molecule has 0 fully saturated rings. The molecule has 2 aromatic heterocycles. The summed E-state index contributed by atoms with van der Waals surface area (Å²) >= 11 is 2.59. The van der Waals surface area contributed by atoms with E-state index in [-0.39, 0.29) is 24.3 Å². The Morgan fingerprint density at radius 2 is 1.38 bits per heavy atom. The maximum absolute atomic E-state index is 14.6. The van der Waals surface area contributed by atoms with E-state index in [1.54, 1.807) is 37.5 Å². The number of unbranched alkanes of at least 4 members (excludes halogenated alkanes) is 2. The molecule has 204 valence electrons. The van der Waals surface area contributed by atoms with Crippen molar-refractivity contribution in [1.29, 1.82) is 5.26 Å². The zero-order valence-corrected chi connectivity index (χ0v) is 23.1. The Morgan fingerprint density at radius 1 is 0.825 bits per heavy atom. The molecule has 0 atom stereocenters. The molecule has 0 aliphatic carbocycles. The largest absolute Gasteiger partial charge is 0.426 e. The third-order valence-electron chi connectivity index (χ3n) is 5.74. The molecule has 2 aromatic carbocycles.